The highest BCUT2D eigenvalue weighted by Crippen LogP contribution is 2.01. The van der Waals surface area contributed by atoms with Crippen molar-refractivity contribution in [1.82, 2.24) is 19.9 Å². The number of carboxylic acid groups (broad SMARTS) is 1. The summed E-state index contributed by atoms with van der Waals surface area (Å²) in [7, 11) is 0. The van der Waals surface area contributed by atoms with E-state index in [0.717, 1.165) is 23.7 Å². The average Bonchev–Trinajstić information content (AvgIpc) is 2.77. The van der Waals surface area contributed by atoms with Gasteiger partial charge in [0.05, 0.1) is 6.20 Å². The summed E-state index contributed by atoms with van der Waals surface area (Å²) in [5.41, 5.74) is -0.0729. The van der Waals surface area contributed by atoms with Crippen LogP contribution in [0.15, 0.2) is 6.20 Å². The molecule has 1 aromatic rings. The zero-order chi connectivity index (χ0) is 13.5. The monoisotopic (exact) mass is 254 g/mol. The number of carbonyl (C=O) groups is 2. The smallest absolute Gasteiger partial charge is 0.355 e. The first kappa shape index (κ1) is 14.1. The maximum absolute atomic E-state index is 12.0. The van der Waals surface area contributed by atoms with Gasteiger partial charge in [-0.3, -0.25) is 4.79 Å². The molecule has 0 aliphatic rings. The lowest BCUT2D eigenvalue weighted by molar-refractivity contribution is -0.132. The Labute approximate surface area is 105 Å². The van der Waals surface area contributed by atoms with Crippen LogP contribution in [0.25, 0.3) is 0 Å². The second kappa shape index (κ2) is 6.73. The minimum Gasteiger partial charge on any atom is -0.476 e. The van der Waals surface area contributed by atoms with Crippen LogP contribution in [0.1, 0.15) is 37.2 Å². The number of hydrogen-bond acceptors (Lipinski definition) is 4. The van der Waals surface area contributed by atoms with E-state index in [1.807, 2.05) is 13.8 Å². The van der Waals surface area contributed by atoms with Crippen molar-refractivity contribution in [3.63, 3.8) is 0 Å². The number of hydrogen-bond donors (Lipinski definition) is 1. The highest BCUT2D eigenvalue weighted by atomic mass is 16.4. The Morgan fingerprint density at radius 2 is 1.94 bits per heavy atom. The Morgan fingerprint density at radius 3 is 2.44 bits per heavy atom. The SMILES string of the molecule is CCCN(CCC)C(=O)Cn1nncc1C(=O)O. The molecule has 0 fully saturated rings. The van der Waals surface area contributed by atoms with E-state index in [4.69, 9.17) is 5.11 Å². The van der Waals surface area contributed by atoms with Crippen molar-refractivity contribution in [2.45, 2.75) is 33.2 Å². The van der Waals surface area contributed by atoms with Crippen molar-refractivity contribution in [3.8, 4) is 0 Å². The van der Waals surface area contributed by atoms with Gasteiger partial charge in [0.25, 0.3) is 0 Å². The standard InChI is InChI=1S/C11H18N4O3/c1-3-5-14(6-4-2)10(16)8-15-9(11(17)18)7-12-13-15/h7H,3-6,8H2,1-2H3,(H,17,18). The topological polar surface area (TPSA) is 88.3 Å². The number of nitrogens with zero attached hydrogens (tertiary/aromatic N) is 4. The summed E-state index contributed by atoms with van der Waals surface area (Å²) >= 11 is 0. The largest absolute Gasteiger partial charge is 0.476 e. The van der Waals surface area contributed by atoms with Crippen molar-refractivity contribution in [1.29, 1.82) is 0 Å². The Bertz CT molecular complexity index is 410. The van der Waals surface area contributed by atoms with Gasteiger partial charge >= 0.3 is 5.97 Å². The molecular weight excluding hydrogens is 236 g/mol. The van der Waals surface area contributed by atoms with E-state index in [-0.39, 0.29) is 18.1 Å². The molecule has 7 nitrogen and oxygen atoms in total. The zero-order valence-corrected chi connectivity index (χ0v) is 10.7. The fourth-order valence-corrected chi connectivity index (χ4v) is 1.67. The van der Waals surface area contributed by atoms with Crippen LogP contribution in [0.5, 0.6) is 0 Å². The summed E-state index contributed by atoms with van der Waals surface area (Å²) in [6.07, 6.45) is 2.88. The number of rotatable bonds is 7. The number of carboxylic acids is 1. The highest BCUT2D eigenvalue weighted by Gasteiger charge is 2.17. The summed E-state index contributed by atoms with van der Waals surface area (Å²) in [4.78, 5) is 24.6. The van der Waals surface area contributed by atoms with Crippen LogP contribution in [0, 0.1) is 0 Å². The van der Waals surface area contributed by atoms with E-state index < -0.39 is 5.97 Å². The second-order valence-electron chi connectivity index (χ2n) is 3.96. The van der Waals surface area contributed by atoms with Gasteiger partial charge in [0, 0.05) is 13.1 Å². The molecule has 0 aromatic carbocycles. The predicted octanol–water partition coefficient (Wildman–Crippen LogP) is 0.625. The lowest BCUT2D eigenvalue weighted by Crippen LogP contribution is -2.36. The molecule has 1 rings (SSSR count). The van der Waals surface area contributed by atoms with Gasteiger partial charge in [-0.2, -0.15) is 0 Å². The van der Waals surface area contributed by atoms with Crippen LogP contribution in [-0.2, 0) is 11.3 Å². The number of amides is 1. The lowest BCUT2D eigenvalue weighted by atomic mass is 10.3. The second-order valence-corrected chi connectivity index (χ2v) is 3.96. The normalized spacial score (nSPS) is 10.3. The van der Waals surface area contributed by atoms with Gasteiger partial charge in [0.15, 0.2) is 5.69 Å². The Kier molecular flexibility index (Phi) is 5.29. The third-order valence-corrected chi connectivity index (χ3v) is 2.46. The molecule has 0 radical (unpaired) electrons. The summed E-state index contributed by atoms with van der Waals surface area (Å²) in [5, 5.41) is 16.0. The first-order valence-corrected chi connectivity index (χ1v) is 5.99. The fourth-order valence-electron chi connectivity index (χ4n) is 1.67. The van der Waals surface area contributed by atoms with Gasteiger partial charge in [0.1, 0.15) is 6.54 Å². The molecule has 1 heterocycles. The average molecular weight is 254 g/mol. The molecule has 0 aliphatic heterocycles. The molecule has 1 aromatic heterocycles. The maximum Gasteiger partial charge on any atom is 0.355 e. The fraction of sp³-hybridized carbons (Fsp3) is 0.636. The van der Waals surface area contributed by atoms with Crippen LogP contribution in [0.3, 0.4) is 0 Å². The lowest BCUT2D eigenvalue weighted by Gasteiger charge is -2.21. The molecular formula is C11H18N4O3. The van der Waals surface area contributed by atoms with Crippen LogP contribution < -0.4 is 0 Å². The van der Waals surface area contributed by atoms with Gasteiger partial charge in [-0.25, -0.2) is 9.48 Å². The Morgan fingerprint density at radius 1 is 1.33 bits per heavy atom. The minimum absolute atomic E-state index is 0.0729. The Balaban J connectivity index is 2.72. The Hall–Kier alpha value is -1.92. The molecule has 7 heteroatoms. The van der Waals surface area contributed by atoms with Crippen molar-refractivity contribution in [3.05, 3.63) is 11.9 Å². The molecule has 0 spiro atoms. The number of aromatic carboxylic acids is 1. The molecule has 0 aliphatic carbocycles. The summed E-state index contributed by atoms with van der Waals surface area (Å²) in [6.45, 7) is 5.25. The van der Waals surface area contributed by atoms with E-state index in [0.29, 0.717) is 13.1 Å². The summed E-state index contributed by atoms with van der Waals surface area (Å²) in [6, 6.07) is 0. The molecule has 100 valence electrons. The van der Waals surface area contributed by atoms with Crippen LogP contribution >= 0.6 is 0 Å². The number of carbonyl (C=O) groups excluding carboxylic acids is 1. The van der Waals surface area contributed by atoms with E-state index in [1.165, 1.54) is 0 Å². The van der Waals surface area contributed by atoms with Crippen LogP contribution in [0.2, 0.25) is 0 Å². The first-order valence-electron chi connectivity index (χ1n) is 5.99. The molecule has 18 heavy (non-hydrogen) atoms. The molecule has 0 unspecified atom stereocenters. The molecule has 0 saturated carbocycles. The van der Waals surface area contributed by atoms with Gasteiger partial charge in [-0.05, 0) is 12.8 Å². The van der Waals surface area contributed by atoms with Crippen LogP contribution in [0.4, 0.5) is 0 Å². The van der Waals surface area contributed by atoms with Gasteiger partial charge < -0.3 is 10.0 Å². The maximum atomic E-state index is 12.0. The quantitative estimate of drug-likeness (QED) is 0.770. The molecule has 1 amide bonds. The minimum atomic E-state index is -1.13. The summed E-state index contributed by atoms with van der Waals surface area (Å²) < 4.78 is 1.11. The highest BCUT2D eigenvalue weighted by molar-refractivity contribution is 5.86. The van der Waals surface area contributed by atoms with Gasteiger partial charge in [-0.15, -0.1) is 5.10 Å². The zero-order valence-electron chi connectivity index (χ0n) is 10.7. The van der Waals surface area contributed by atoms with Crippen LogP contribution in [-0.4, -0.2) is 50.0 Å². The van der Waals surface area contributed by atoms with E-state index >= 15 is 0 Å². The van der Waals surface area contributed by atoms with E-state index in [2.05, 4.69) is 10.3 Å². The van der Waals surface area contributed by atoms with Crippen molar-refractivity contribution in [2.75, 3.05) is 13.1 Å². The molecule has 0 atom stereocenters. The molecule has 1 N–H and O–H groups in total. The molecule has 0 bridgehead atoms. The number of aromatic nitrogens is 3. The third kappa shape index (κ3) is 3.54. The van der Waals surface area contributed by atoms with E-state index in [1.54, 1.807) is 4.90 Å². The van der Waals surface area contributed by atoms with E-state index in [9.17, 15) is 9.59 Å². The van der Waals surface area contributed by atoms with Gasteiger partial charge in [-0.1, -0.05) is 19.1 Å². The van der Waals surface area contributed by atoms with Crippen molar-refractivity contribution < 1.29 is 14.7 Å². The van der Waals surface area contributed by atoms with Gasteiger partial charge in [0.2, 0.25) is 5.91 Å². The first-order chi connectivity index (χ1) is 8.60. The third-order valence-electron chi connectivity index (χ3n) is 2.46. The molecule has 0 saturated heterocycles. The van der Waals surface area contributed by atoms with Crippen molar-refractivity contribution >= 4 is 11.9 Å². The van der Waals surface area contributed by atoms with Crippen molar-refractivity contribution in [2.24, 2.45) is 0 Å². The summed E-state index contributed by atoms with van der Waals surface area (Å²) in [5.74, 6) is -1.27. The predicted molar refractivity (Wildman–Crippen MR) is 64.1 cm³/mol.